The number of rotatable bonds is 5. The molecule has 0 spiro atoms. The summed E-state index contributed by atoms with van der Waals surface area (Å²) in [6, 6.07) is 10.8. The lowest BCUT2D eigenvalue weighted by Crippen LogP contribution is -2.35. The van der Waals surface area contributed by atoms with Gasteiger partial charge in [-0.1, -0.05) is 18.2 Å². The standard InChI is InChI=1S/C18H16FNO5/c1-11(25-18(22)13-4-2-3-5-14(13)19)17(21)20-9-12-6-7-15-16(8-12)24-10-23-15/h2-8,11H,9-10H2,1H3,(H,20,21)/t11-/m0/s1. The normalized spacial score (nSPS) is 13.2. The number of hydrogen-bond donors (Lipinski definition) is 1. The van der Waals surface area contributed by atoms with E-state index >= 15 is 0 Å². The fraction of sp³-hybridized carbons (Fsp3) is 0.222. The Morgan fingerprint density at radius 3 is 2.76 bits per heavy atom. The van der Waals surface area contributed by atoms with Gasteiger partial charge in [-0.25, -0.2) is 9.18 Å². The second-order valence-corrected chi connectivity index (χ2v) is 5.43. The van der Waals surface area contributed by atoms with E-state index < -0.39 is 23.8 Å². The van der Waals surface area contributed by atoms with E-state index in [1.807, 2.05) is 0 Å². The number of carbonyl (C=O) groups excluding carboxylic acids is 2. The van der Waals surface area contributed by atoms with Crippen molar-refractivity contribution in [2.24, 2.45) is 0 Å². The Hall–Kier alpha value is -3.09. The number of halogens is 1. The number of nitrogens with one attached hydrogen (secondary N) is 1. The van der Waals surface area contributed by atoms with Gasteiger partial charge in [-0.15, -0.1) is 0 Å². The second kappa shape index (κ2) is 7.21. The van der Waals surface area contributed by atoms with Crippen LogP contribution in [0.2, 0.25) is 0 Å². The maximum Gasteiger partial charge on any atom is 0.341 e. The van der Waals surface area contributed by atoms with Crippen molar-refractivity contribution >= 4 is 11.9 Å². The summed E-state index contributed by atoms with van der Waals surface area (Å²) in [5.41, 5.74) is 0.600. The van der Waals surface area contributed by atoms with Gasteiger partial charge in [0.25, 0.3) is 5.91 Å². The monoisotopic (exact) mass is 345 g/mol. The lowest BCUT2D eigenvalue weighted by molar-refractivity contribution is -0.129. The number of hydrogen-bond acceptors (Lipinski definition) is 5. The van der Waals surface area contributed by atoms with Crippen LogP contribution in [0.1, 0.15) is 22.8 Å². The van der Waals surface area contributed by atoms with Gasteiger partial charge in [0.05, 0.1) is 5.56 Å². The summed E-state index contributed by atoms with van der Waals surface area (Å²) in [7, 11) is 0. The number of ether oxygens (including phenoxy) is 3. The molecule has 3 rings (SSSR count). The number of fused-ring (bicyclic) bond motifs is 1. The molecule has 6 nitrogen and oxygen atoms in total. The van der Waals surface area contributed by atoms with Crippen molar-refractivity contribution in [1.82, 2.24) is 5.32 Å². The van der Waals surface area contributed by atoms with Gasteiger partial charge in [0.2, 0.25) is 6.79 Å². The van der Waals surface area contributed by atoms with Crippen LogP contribution in [-0.4, -0.2) is 24.8 Å². The summed E-state index contributed by atoms with van der Waals surface area (Å²) in [6.45, 7) is 1.83. The van der Waals surface area contributed by atoms with Crippen molar-refractivity contribution < 1.29 is 28.2 Å². The van der Waals surface area contributed by atoms with Crippen LogP contribution >= 0.6 is 0 Å². The highest BCUT2D eigenvalue weighted by Gasteiger charge is 2.21. The quantitative estimate of drug-likeness (QED) is 0.843. The molecular weight excluding hydrogens is 329 g/mol. The molecule has 25 heavy (non-hydrogen) atoms. The molecule has 1 heterocycles. The Morgan fingerprint density at radius 2 is 1.96 bits per heavy atom. The second-order valence-electron chi connectivity index (χ2n) is 5.43. The molecule has 0 unspecified atom stereocenters. The van der Waals surface area contributed by atoms with Crippen LogP contribution in [0.15, 0.2) is 42.5 Å². The van der Waals surface area contributed by atoms with Crippen LogP contribution in [0.3, 0.4) is 0 Å². The highest BCUT2D eigenvalue weighted by molar-refractivity contribution is 5.92. The minimum atomic E-state index is -1.05. The summed E-state index contributed by atoms with van der Waals surface area (Å²) < 4.78 is 29.0. The van der Waals surface area contributed by atoms with E-state index in [1.165, 1.54) is 25.1 Å². The van der Waals surface area contributed by atoms with Crippen LogP contribution < -0.4 is 14.8 Å². The number of benzene rings is 2. The van der Waals surface area contributed by atoms with Gasteiger partial charge in [0.1, 0.15) is 5.82 Å². The van der Waals surface area contributed by atoms with Gasteiger partial charge >= 0.3 is 5.97 Å². The maximum absolute atomic E-state index is 13.5. The molecule has 1 aliphatic rings. The van der Waals surface area contributed by atoms with Crippen LogP contribution in [0.5, 0.6) is 11.5 Å². The molecule has 2 aromatic carbocycles. The summed E-state index contributed by atoms with van der Waals surface area (Å²) >= 11 is 0. The molecular formula is C18H16FNO5. The first-order valence-corrected chi connectivity index (χ1v) is 7.66. The van der Waals surface area contributed by atoms with Gasteiger partial charge in [0, 0.05) is 6.54 Å². The van der Waals surface area contributed by atoms with E-state index in [0.29, 0.717) is 11.5 Å². The molecule has 1 amide bonds. The molecule has 0 aliphatic carbocycles. The SMILES string of the molecule is C[C@H](OC(=O)c1ccccc1F)C(=O)NCc1ccc2c(c1)OCO2. The van der Waals surface area contributed by atoms with Crippen molar-refractivity contribution in [2.75, 3.05) is 6.79 Å². The van der Waals surface area contributed by atoms with Crippen LogP contribution in [0.4, 0.5) is 4.39 Å². The highest BCUT2D eigenvalue weighted by atomic mass is 19.1. The predicted octanol–water partition coefficient (Wildman–Crippen LogP) is 2.42. The molecule has 0 aromatic heterocycles. The first kappa shape index (κ1) is 16.8. The van der Waals surface area contributed by atoms with E-state index in [4.69, 9.17) is 14.2 Å². The summed E-state index contributed by atoms with van der Waals surface area (Å²) in [6.07, 6.45) is -1.05. The lowest BCUT2D eigenvalue weighted by atomic mass is 10.2. The van der Waals surface area contributed by atoms with Crippen LogP contribution in [0, 0.1) is 5.82 Å². The number of esters is 1. The largest absolute Gasteiger partial charge is 0.454 e. The highest BCUT2D eigenvalue weighted by Crippen LogP contribution is 2.32. The zero-order valence-corrected chi connectivity index (χ0v) is 13.5. The Bertz CT molecular complexity index is 808. The summed E-state index contributed by atoms with van der Waals surface area (Å²) in [5, 5.41) is 2.66. The molecule has 7 heteroatoms. The number of carbonyl (C=O) groups is 2. The molecule has 0 saturated carbocycles. The maximum atomic E-state index is 13.5. The minimum absolute atomic E-state index is 0.175. The molecule has 1 atom stereocenters. The predicted molar refractivity (Wildman–Crippen MR) is 85.7 cm³/mol. The van der Waals surface area contributed by atoms with Crippen molar-refractivity contribution in [3.05, 3.63) is 59.4 Å². The first-order chi connectivity index (χ1) is 12.0. The number of amides is 1. The topological polar surface area (TPSA) is 73.9 Å². The molecule has 2 aromatic rings. The molecule has 1 N–H and O–H groups in total. The van der Waals surface area contributed by atoms with Crippen LogP contribution in [0.25, 0.3) is 0 Å². The zero-order chi connectivity index (χ0) is 17.8. The van der Waals surface area contributed by atoms with E-state index in [1.54, 1.807) is 18.2 Å². The third-order valence-electron chi connectivity index (χ3n) is 3.65. The van der Waals surface area contributed by atoms with E-state index in [-0.39, 0.29) is 18.9 Å². The molecule has 130 valence electrons. The fourth-order valence-corrected chi connectivity index (χ4v) is 2.29. The molecule has 0 fully saturated rings. The smallest absolute Gasteiger partial charge is 0.341 e. The molecule has 0 radical (unpaired) electrons. The van der Waals surface area contributed by atoms with E-state index in [9.17, 15) is 14.0 Å². The molecule has 0 bridgehead atoms. The Labute approximate surface area is 143 Å². The fourth-order valence-electron chi connectivity index (χ4n) is 2.29. The summed E-state index contributed by atoms with van der Waals surface area (Å²) in [4.78, 5) is 24.0. The van der Waals surface area contributed by atoms with Gasteiger partial charge in [-0.3, -0.25) is 4.79 Å². The Balaban J connectivity index is 1.54. The third-order valence-corrected chi connectivity index (χ3v) is 3.65. The average molecular weight is 345 g/mol. The van der Waals surface area contributed by atoms with E-state index in [0.717, 1.165) is 11.6 Å². The Kier molecular flexibility index (Phi) is 4.83. The molecule has 1 aliphatic heterocycles. The van der Waals surface area contributed by atoms with Crippen LogP contribution in [-0.2, 0) is 16.1 Å². The van der Waals surface area contributed by atoms with Gasteiger partial charge in [-0.05, 0) is 36.8 Å². The van der Waals surface area contributed by atoms with Crippen molar-refractivity contribution in [3.8, 4) is 11.5 Å². The zero-order valence-electron chi connectivity index (χ0n) is 13.5. The van der Waals surface area contributed by atoms with Crippen molar-refractivity contribution in [1.29, 1.82) is 0 Å². The van der Waals surface area contributed by atoms with E-state index in [2.05, 4.69) is 5.32 Å². The van der Waals surface area contributed by atoms with Gasteiger partial charge in [0.15, 0.2) is 17.6 Å². The molecule has 0 saturated heterocycles. The van der Waals surface area contributed by atoms with Crippen molar-refractivity contribution in [2.45, 2.75) is 19.6 Å². The Morgan fingerprint density at radius 1 is 1.20 bits per heavy atom. The van der Waals surface area contributed by atoms with Crippen molar-refractivity contribution in [3.63, 3.8) is 0 Å². The first-order valence-electron chi connectivity index (χ1n) is 7.66. The van der Waals surface area contributed by atoms with Gasteiger partial charge < -0.3 is 19.5 Å². The average Bonchev–Trinajstić information content (AvgIpc) is 3.07. The minimum Gasteiger partial charge on any atom is -0.454 e. The summed E-state index contributed by atoms with van der Waals surface area (Å²) in [5.74, 6) is -0.792. The lowest BCUT2D eigenvalue weighted by Gasteiger charge is -2.14. The third kappa shape index (κ3) is 3.88. The van der Waals surface area contributed by atoms with Gasteiger partial charge in [-0.2, -0.15) is 0 Å².